The average Bonchev–Trinajstić information content (AvgIpc) is 2.86. The number of ether oxygens (including phenoxy) is 1. The van der Waals surface area contributed by atoms with Crippen molar-refractivity contribution in [3.63, 3.8) is 0 Å². The predicted molar refractivity (Wildman–Crippen MR) is 64.5 cm³/mol. The van der Waals surface area contributed by atoms with Crippen molar-refractivity contribution in [1.82, 2.24) is 15.5 Å². The van der Waals surface area contributed by atoms with Gasteiger partial charge in [-0.15, -0.1) is 10.2 Å². The van der Waals surface area contributed by atoms with Crippen LogP contribution in [0.3, 0.4) is 0 Å². The van der Waals surface area contributed by atoms with Gasteiger partial charge in [-0.3, -0.25) is 0 Å². The van der Waals surface area contributed by atoms with Crippen LogP contribution in [0.15, 0.2) is 0 Å². The molecule has 0 radical (unpaired) electrons. The third-order valence-corrected chi connectivity index (χ3v) is 4.14. The zero-order chi connectivity index (χ0) is 11.5. The van der Waals surface area contributed by atoms with Crippen molar-refractivity contribution in [2.75, 3.05) is 13.2 Å². The van der Waals surface area contributed by atoms with E-state index < -0.39 is 0 Å². The van der Waals surface area contributed by atoms with Crippen molar-refractivity contribution in [3.05, 3.63) is 10.0 Å². The quantitative estimate of drug-likeness (QED) is 0.878. The normalized spacial score (nSPS) is 27.2. The van der Waals surface area contributed by atoms with Crippen molar-refractivity contribution in [2.45, 2.75) is 39.3 Å². The van der Waals surface area contributed by atoms with Gasteiger partial charge in [0.05, 0.1) is 6.04 Å². The van der Waals surface area contributed by atoms with E-state index in [2.05, 4.69) is 36.3 Å². The maximum atomic E-state index is 5.69. The van der Waals surface area contributed by atoms with Crippen LogP contribution in [0.2, 0.25) is 0 Å². The van der Waals surface area contributed by atoms with Crippen molar-refractivity contribution < 1.29 is 4.74 Å². The molecular formula is C11H19N3OS. The monoisotopic (exact) mass is 241 g/mol. The van der Waals surface area contributed by atoms with Gasteiger partial charge in [-0.1, -0.05) is 25.2 Å². The van der Waals surface area contributed by atoms with E-state index in [-0.39, 0.29) is 12.1 Å². The van der Waals surface area contributed by atoms with Crippen molar-refractivity contribution in [2.24, 2.45) is 5.92 Å². The van der Waals surface area contributed by atoms with Crippen LogP contribution in [0.5, 0.6) is 0 Å². The molecule has 0 bridgehead atoms. The number of nitrogens with one attached hydrogen (secondary N) is 1. The van der Waals surface area contributed by atoms with Crippen molar-refractivity contribution in [3.8, 4) is 0 Å². The molecule has 0 aliphatic carbocycles. The predicted octanol–water partition coefficient (Wildman–Crippen LogP) is 2.31. The number of nitrogens with zero attached hydrogens (tertiary/aromatic N) is 2. The van der Waals surface area contributed by atoms with Gasteiger partial charge >= 0.3 is 0 Å². The molecule has 0 saturated carbocycles. The molecule has 16 heavy (non-hydrogen) atoms. The molecule has 1 aliphatic heterocycles. The zero-order valence-electron chi connectivity index (χ0n) is 10.1. The Morgan fingerprint density at radius 1 is 1.56 bits per heavy atom. The van der Waals surface area contributed by atoms with Crippen LogP contribution in [-0.4, -0.2) is 23.3 Å². The van der Waals surface area contributed by atoms with Crippen LogP contribution in [0.4, 0.5) is 0 Å². The van der Waals surface area contributed by atoms with E-state index in [0.29, 0.717) is 5.92 Å². The highest BCUT2D eigenvalue weighted by molar-refractivity contribution is 7.11. The molecule has 2 rings (SSSR count). The Morgan fingerprint density at radius 2 is 2.38 bits per heavy atom. The minimum absolute atomic E-state index is 0.167. The maximum Gasteiger partial charge on any atom is 0.146 e. The Balaban J connectivity index is 2.06. The fourth-order valence-electron chi connectivity index (χ4n) is 1.94. The Kier molecular flexibility index (Phi) is 3.89. The van der Waals surface area contributed by atoms with Gasteiger partial charge in [0.2, 0.25) is 0 Å². The van der Waals surface area contributed by atoms with Gasteiger partial charge in [-0.2, -0.15) is 0 Å². The van der Waals surface area contributed by atoms with Gasteiger partial charge in [0.25, 0.3) is 0 Å². The summed E-state index contributed by atoms with van der Waals surface area (Å²) in [5.41, 5.74) is 0. The van der Waals surface area contributed by atoms with Crippen molar-refractivity contribution in [1.29, 1.82) is 0 Å². The van der Waals surface area contributed by atoms with Crippen LogP contribution in [0, 0.1) is 5.92 Å². The smallest absolute Gasteiger partial charge is 0.146 e. The maximum absolute atomic E-state index is 5.69. The Labute approximate surface area is 100 Å². The lowest BCUT2D eigenvalue weighted by molar-refractivity contribution is 0.0937. The van der Waals surface area contributed by atoms with Gasteiger partial charge in [0.1, 0.15) is 16.1 Å². The summed E-state index contributed by atoms with van der Waals surface area (Å²) in [6, 6.07) is 0.285. The second-order valence-corrected chi connectivity index (χ2v) is 5.36. The molecule has 0 aromatic carbocycles. The topological polar surface area (TPSA) is 47.0 Å². The summed E-state index contributed by atoms with van der Waals surface area (Å²) in [4.78, 5) is 0. The van der Waals surface area contributed by atoms with E-state index in [1.54, 1.807) is 11.3 Å². The fraction of sp³-hybridized carbons (Fsp3) is 0.818. The first-order chi connectivity index (χ1) is 7.72. The second-order valence-electron chi connectivity index (χ2n) is 4.32. The first kappa shape index (κ1) is 12.0. The number of hydrogen-bond donors (Lipinski definition) is 1. The standard InChI is InChI=1S/C11H19N3OS/c1-4-12-8(3)10-13-14-11(16-10)9-7(2)5-6-15-9/h7-9,12H,4-6H2,1-3H3. The highest BCUT2D eigenvalue weighted by Crippen LogP contribution is 2.36. The molecule has 4 nitrogen and oxygen atoms in total. The molecule has 0 amide bonds. The third kappa shape index (κ3) is 2.42. The SMILES string of the molecule is CCNC(C)c1nnc(C2OCCC2C)s1. The largest absolute Gasteiger partial charge is 0.371 e. The van der Waals surface area contributed by atoms with Crippen molar-refractivity contribution >= 4 is 11.3 Å². The highest BCUT2D eigenvalue weighted by Gasteiger charge is 2.29. The Morgan fingerprint density at radius 3 is 3.00 bits per heavy atom. The lowest BCUT2D eigenvalue weighted by atomic mass is 10.1. The number of hydrogen-bond acceptors (Lipinski definition) is 5. The minimum atomic E-state index is 0.167. The molecule has 90 valence electrons. The summed E-state index contributed by atoms with van der Waals surface area (Å²) in [6.45, 7) is 8.23. The molecule has 5 heteroatoms. The summed E-state index contributed by atoms with van der Waals surface area (Å²) in [6.07, 6.45) is 1.29. The first-order valence-corrected chi connectivity index (χ1v) is 6.72. The highest BCUT2D eigenvalue weighted by atomic mass is 32.1. The van der Waals surface area contributed by atoms with E-state index in [0.717, 1.165) is 29.6 Å². The summed E-state index contributed by atoms with van der Waals surface area (Å²) < 4.78 is 5.69. The molecule has 1 aromatic heterocycles. The average molecular weight is 241 g/mol. The van der Waals surface area contributed by atoms with Gasteiger partial charge in [-0.05, 0) is 25.8 Å². The summed E-state index contributed by atoms with van der Waals surface area (Å²) in [5, 5.41) is 13.9. The molecular weight excluding hydrogens is 222 g/mol. The minimum Gasteiger partial charge on any atom is -0.371 e. The number of aromatic nitrogens is 2. The third-order valence-electron chi connectivity index (χ3n) is 2.97. The summed E-state index contributed by atoms with van der Waals surface area (Å²) >= 11 is 1.67. The van der Waals surface area contributed by atoms with Crippen LogP contribution >= 0.6 is 11.3 Å². The summed E-state index contributed by atoms with van der Waals surface area (Å²) in [5.74, 6) is 0.565. The number of rotatable bonds is 4. The van der Waals surface area contributed by atoms with Gasteiger partial charge < -0.3 is 10.1 Å². The fourth-order valence-corrected chi connectivity index (χ4v) is 3.00. The molecule has 0 spiro atoms. The van der Waals surface area contributed by atoms with Crippen LogP contribution in [0.25, 0.3) is 0 Å². The first-order valence-electron chi connectivity index (χ1n) is 5.90. The molecule has 1 saturated heterocycles. The van der Waals surface area contributed by atoms with E-state index in [4.69, 9.17) is 4.74 Å². The van der Waals surface area contributed by atoms with Gasteiger partial charge in [0, 0.05) is 6.61 Å². The second kappa shape index (κ2) is 5.21. The Bertz CT molecular complexity index is 342. The lowest BCUT2D eigenvalue weighted by Gasteiger charge is -2.10. The molecule has 3 unspecified atom stereocenters. The lowest BCUT2D eigenvalue weighted by Crippen LogP contribution is -2.17. The molecule has 3 atom stereocenters. The van der Waals surface area contributed by atoms with Gasteiger partial charge in [-0.25, -0.2) is 0 Å². The summed E-state index contributed by atoms with van der Waals surface area (Å²) in [7, 11) is 0. The molecule has 1 fully saturated rings. The van der Waals surface area contributed by atoms with E-state index >= 15 is 0 Å². The van der Waals surface area contributed by atoms with Crippen LogP contribution in [0.1, 0.15) is 49.4 Å². The molecule has 1 aliphatic rings. The van der Waals surface area contributed by atoms with Crippen LogP contribution < -0.4 is 5.32 Å². The molecule has 2 heterocycles. The molecule has 1 N–H and O–H groups in total. The Hall–Kier alpha value is -0.520. The van der Waals surface area contributed by atoms with E-state index in [1.807, 2.05) is 0 Å². The van der Waals surface area contributed by atoms with E-state index in [1.165, 1.54) is 0 Å². The van der Waals surface area contributed by atoms with E-state index in [9.17, 15) is 0 Å². The van der Waals surface area contributed by atoms with Gasteiger partial charge in [0.15, 0.2) is 0 Å². The zero-order valence-corrected chi connectivity index (χ0v) is 10.9. The molecule has 1 aromatic rings. The van der Waals surface area contributed by atoms with Crippen LogP contribution in [-0.2, 0) is 4.74 Å².